The highest BCUT2D eigenvalue weighted by Gasteiger charge is 2.18. The first-order valence-corrected chi connectivity index (χ1v) is 7.26. The molecule has 0 spiro atoms. The summed E-state index contributed by atoms with van der Waals surface area (Å²) in [7, 11) is 0. The van der Waals surface area contributed by atoms with E-state index in [9.17, 15) is 14.4 Å². The molecule has 0 atom stereocenters. The minimum absolute atomic E-state index is 0.0106. The fourth-order valence-corrected chi connectivity index (χ4v) is 2.25. The number of hydrogen-bond donors (Lipinski definition) is 3. The molecule has 0 unspecified atom stereocenters. The van der Waals surface area contributed by atoms with Gasteiger partial charge in [0, 0.05) is 23.2 Å². The maximum absolute atomic E-state index is 12.1. The molecular weight excluding hydrogens is 282 g/mol. The van der Waals surface area contributed by atoms with E-state index in [1.165, 1.54) is 0 Å². The van der Waals surface area contributed by atoms with Crippen LogP contribution < -0.4 is 16.0 Å². The summed E-state index contributed by atoms with van der Waals surface area (Å²) in [6.07, 6.45) is 1.04. The van der Waals surface area contributed by atoms with E-state index in [-0.39, 0.29) is 29.8 Å². The molecule has 2 rings (SSSR count). The second-order valence-electron chi connectivity index (χ2n) is 6.40. The van der Waals surface area contributed by atoms with Gasteiger partial charge in [0.15, 0.2) is 0 Å². The highest BCUT2D eigenvalue weighted by atomic mass is 16.2. The lowest BCUT2D eigenvalue weighted by molar-refractivity contribution is -0.121. The van der Waals surface area contributed by atoms with Crippen LogP contribution in [0, 0.1) is 0 Å². The first-order valence-electron chi connectivity index (χ1n) is 7.26. The zero-order chi connectivity index (χ0) is 16.3. The van der Waals surface area contributed by atoms with Crippen LogP contribution in [0.15, 0.2) is 18.2 Å². The number of anilines is 1. The Labute approximate surface area is 129 Å². The lowest BCUT2D eigenvalue weighted by atomic mass is 10.00. The molecule has 22 heavy (non-hydrogen) atoms. The highest BCUT2D eigenvalue weighted by molar-refractivity contribution is 5.99. The lowest BCUT2D eigenvalue weighted by Crippen LogP contribution is -2.45. The van der Waals surface area contributed by atoms with Gasteiger partial charge in [-0.05, 0) is 51.0 Å². The zero-order valence-corrected chi connectivity index (χ0v) is 13.1. The van der Waals surface area contributed by atoms with Crippen molar-refractivity contribution in [2.45, 2.75) is 39.2 Å². The predicted molar refractivity (Wildman–Crippen MR) is 83.6 cm³/mol. The summed E-state index contributed by atoms with van der Waals surface area (Å²) in [6.45, 7) is 5.57. The summed E-state index contributed by atoms with van der Waals surface area (Å²) >= 11 is 0. The molecule has 1 aliphatic rings. The number of carbonyl (C=O) groups excluding carboxylic acids is 3. The number of hydrogen-bond acceptors (Lipinski definition) is 3. The van der Waals surface area contributed by atoms with Gasteiger partial charge in [-0.25, -0.2) is 0 Å². The number of amides is 3. The smallest absolute Gasteiger partial charge is 0.251 e. The van der Waals surface area contributed by atoms with Crippen LogP contribution in [0.25, 0.3) is 0 Å². The Hall–Kier alpha value is -2.37. The van der Waals surface area contributed by atoms with Crippen molar-refractivity contribution in [1.82, 2.24) is 10.6 Å². The number of benzene rings is 1. The van der Waals surface area contributed by atoms with E-state index < -0.39 is 0 Å². The standard InChI is InChI=1S/C16H21N3O3/c1-16(2,3)19-14(21)9-17-15(22)11-4-6-12-10(8-11)5-7-13(20)18-12/h4,6,8H,5,7,9H2,1-3H3,(H,17,22)(H,18,20)(H,19,21). The van der Waals surface area contributed by atoms with Crippen LogP contribution in [0.2, 0.25) is 0 Å². The molecule has 0 bridgehead atoms. The third-order valence-electron chi connectivity index (χ3n) is 3.19. The van der Waals surface area contributed by atoms with Crippen LogP contribution in [-0.4, -0.2) is 29.8 Å². The molecule has 1 aromatic rings. The first-order chi connectivity index (χ1) is 10.2. The summed E-state index contributed by atoms with van der Waals surface area (Å²) < 4.78 is 0. The molecule has 0 radical (unpaired) electrons. The molecule has 6 nitrogen and oxygen atoms in total. The molecule has 1 aromatic carbocycles. The van der Waals surface area contributed by atoms with E-state index in [1.807, 2.05) is 20.8 Å². The van der Waals surface area contributed by atoms with Crippen molar-refractivity contribution in [2.75, 3.05) is 11.9 Å². The Morgan fingerprint density at radius 1 is 1.23 bits per heavy atom. The van der Waals surface area contributed by atoms with Crippen LogP contribution in [-0.2, 0) is 16.0 Å². The van der Waals surface area contributed by atoms with Crippen LogP contribution in [0.4, 0.5) is 5.69 Å². The molecular formula is C16H21N3O3. The van der Waals surface area contributed by atoms with Gasteiger partial charge in [-0.1, -0.05) is 0 Å². The summed E-state index contributed by atoms with van der Waals surface area (Å²) in [5.41, 5.74) is 1.84. The van der Waals surface area contributed by atoms with Gasteiger partial charge < -0.3 is 16.0 Å². The Bertz CT molecular complexity index is 618. The molecule has 3 amide bonds. The number of nitrogens with one attached hydrogen (secondary N) is 3. The predicted octanol–water partition coefficient (Wildman–Crippen LogP) is 1.22. The average molecular weight is 303 g/mol. The van der Waals surface area contributed by atoms with Crippen molar-refractivity contribution < 1.29 is 14.4 Å². The largest absolute Gasteiger partial charge is 0.350 e. The number of aryl methyl sites for hydroxylation is 1. The summed E-state index contributed by atoms with van der Waals surface area (Å²) in [6, 6.07) is 5.11. The normalized spacial score (nSPS) is 13.9. The quantitative estimate of drug-likeness (QED) is 0.784. The van der Waals surface area contributed by atoms with Crippen molar-refractivity contribution in [3.8, 4) is 0 Å². The number of fused-ring (bicyclic) bond motifs is 1. The molecule has 0 fully saturated rings. The molecule has 6 heteroatoms. The van der Waals surface area contributed by atoms with Gasteiger partial charge in [-0.2, -0.15) is 0 Å². The van der Waals surface area contributed by atoms with Gasteiger partial charge in [0.05, 0.1) is 6.54 Å². The number of rotatable bonds is 3. The van der Waals surface area contributed by atoms with Crippen molar-refractivity contribution in [1.29, 1.82) is 0 Å². The zero-order valence-electron chi connectivity index (χ0n) is 13.1. The first kappa shape index (κ1) is 16.0. The third-order valence-corrected chi connectivity index (χ3v) is 3.19. The highest BCUT2D eigenvalue weighted by Crippen LogP contribution is 2.23. The van der Waals surface area contributed by atoms with Crippen LogP contribution >= 0.6 is 0 Å². The van der Waals surface area contributed by atoms with Gasteiger partial charge in [0.1, 0.15) is 0 Å². The maximum Gasteiger partial charge on any atom is 0.251 e. The Morgan fingerprint density at radius 2 is 1.95 bits per heavy atom. The minimum Gasteiger partial charge on any atom is -0.350 e. The van der Waals surface area contributed by atoms with Crippen LogP contribution in [0.1, 0.15) is 43.1 Å². The second-order valence-corrected chi connectivity index (χ2v) is 6.40. The van der Waals surface area contributed by atoms with Crippen LogP contribution in [0.5, 0.6) is 0 Å². The Balaban J connectivity index is 1.96. The van der Waals surface area contributed by atoms with Crippen molar-refractivity contribution in [3.63, 3.8) is 0 Å². The monoisotopic (exact) mass is 303 g/mol. The second kappa shape index (κ2) is 6.17. The minimum atomic E-state index is -0.328. The van der Waals surface area contributed by atoms with E-state index in [0.717, 1.165) is 11.3 Å². The maximum atomic E-state index is 12.1. The molecule has 1 heterocycles. The molecule has 118 valence electrons. The Morgan fingerprint density at radius 3 is 2.64 bits per heavy atom. The van der Waals surface area contributed by atoms with E-state index in [0.29, 0.717) is 18.4 Å². The Kier molecular flexibility index (Phi) is 4.49. The molecule has 0 saturated heterocycles. The number of carbonyl (C=O) groups is 3. The molecule has 1 aliphatic heterocycles. The van der Waals surface area contributed by atoms with E-state index in [4.69, 9.17) is 0 Å². The molecule has 0 saturated carbocycles. The van der Waals surface area contributed by atoms with Gasteiger partial charge in [0.25, 0.3) is 5.91 Å². The van der Waals surface area contributed by atoms with E-state index in [2.05, 4.69) is 16.0 Å². The van der Waals surface area contributed by atoms with Gasteiger partial charge >= 0.3 is 0 Å². The van der Waals surface area contributed by atoms with Crippen molar-refractivity contribution in [2.24, 2.45) is 0 Å². The fourth-order valence-electron chi connectivity index (χ4n) is 2.25. The molecule has 0 aliphatic carbocycles. The summed E-state index contributed by atoms with van der Waals surface area (Å²) in [4.78, 5) is 35.1. The lowest BCUT2D eigenvalue weighted by Gasteiger charge is -2.20. The fraction of sp³-hybridized carbons (Fsp3) is 0.438. The summed E-state index contributed by atoms with van der Waals surface area (Å²) in [5, 5.41) is 8.15. The topological polar surface area (TPSA) is 87.3 Å². The van der Waals surface area contributed by atoms with E-state index >= 15 is 0 Å². The summed E-state index contributed by atoms with van der Waals surface area (Å²) in [5.74, 6) is -0.543. The van der Waals surface area contributed by atoms with Crippen LogP contribution in [0.3, 0.4) is 0 Å². The van der Waals surface area contributed by atoms with Gasteiger partial charge in [0.2, 0.25) is 11.8 Å². The van der Waals surface area contributed by atoms with Gasteiger partial charge in [-0.15, -0.1) is 0 Å². The molecule has 0 aromatic heterocycles. The average Bonchev–Trinajstić information content (AvgIpc) is 2.42. The van der Waals surface area contributed by atoms with Crippen molar-refractivity contribution in [3.05, 3.63) is 29.3 Å². The van der Waals surface area contributed by atoms with Crippen molar-refractivity contribution >= 4 is 23.4 Å². The SMILES string of the molecule is CC(C)(C)NC(=O)CNC(=O)c1ccc2c(c1)CCC(=O)N2. The third kappa shape index (κ3) is 4.31. The van der Waals surface area contributed by atoms with E-state index in [1.54, 1.807) is 18.2 Å². The molecule has 3 N–H and O–H groups in total. The van der Waals surface area contributed by atoms with Gasteiger partial charge in [-0.3, -0.25) is 14.4 Å².